The van der Waals surface area contributed by atoms with E-state index in [2.05, 4.69) is 162 Å². The van der Waals surface area contributed by atoms with Gasteiger partial charge in [0.2, 0.25) is 5.91 Å². The lowest BCUT2D eigenvalue weighted by Gasteiger charge is -2.38. The Morgan fingerprint density at radius 2 is 1.05 bits per heavy atom. The Labute approximate surface area is 489 Å². The first-order valence-corrected chi connectivity index (χ1v) is 30.5. The number of phenols is 1. The van der Waals surface area contributed by atoms with Crippen molar-refractivity contribution in [3.05, 3.63) is 89.1 Å². The van der Waals surface area contributed by atoms with Crippen molar-refractivity contribution in [2.75, 3.05) is 118 Å². The molecule has 0 bridgehead atoms. The van der Waals surface area contributed by atoms with Gasteiger partial charge in [-0.25, -0.2) is 0 Å². The largest absolute Gasteiger partial charge is 0.508 e. The van der Waals surface area contributed by atoms with E-state index in [4.69, 9.17) is 19.3 Å². The Bertz CT molecular complexity index is 2180. The summed E-state index contributed by atoms with van der Waals surface area (Å²) >= 11 is 0. The van der Waals surface area contributed by atoms with Crippen molar-refractivity contribution in [3.8, 4) is 5.75 Å². The van der Waals surface area contributed by atoms with Gasteiger partial charge in [0.1, 0.15) is 17.1 Å². The number of carbonyl (C=O) groups excluding carboxylic acids is 1. The minimum absolute atomic E-state index is 0.0299. The van der Waals surface area contributed by atoms with Crippen molar-refractivity contribution >= 4 is 16.9 Å². The normalized spacial score (nSPS) is 17.9. The molecule has 12 nitrogen and oxygen atoms in total. The minimum atomic E-state index is -0.531. The molecule has 80 heavy (non-hydrogen) atoms. The van der Waals surface area contributed by atoms with Crippen molar-refractivity contribution < 1.29 is 23.5 Å². The molecule has 4 saturated heterocycles. The molecule has 1 atom stereocenters. The van der Waals surface area contributed by atoms with E-state index >= 15 is 0 Å². The molecule has 6 heterocycles. The van der Waals surface area contributed by atoms with Crippen LogP contribution in [0, 0.1) is 35.5 Å². The van der Waals surface area contributed by atoms with Gasteiger partial charge >= 0.3 is 0 Å². The third-order valence-electron chi connectivity index (χ3n) is 14.2. The van der Waals surface area contributed by atoms with Gasteiger partial charge in [-0.1, -0.05) is 149 Å². The first kappa shape index (κ1) is 70.5. The highest BCUT2D eigenvalue weighted by atomic mass is 16.5. The molecule has 12 heteroatoms. The predicted octanol–water partition coefficient (Wildman–Crippen LogP) is 13.2. The number of benzene rings is 2. The van der Waals surface area contributed by atoms with Crippen LogP contribution in [0.2, 0.25) is 0 Å². The van der Waals surface area contributed by atoms with E-state index in [1.165, 1.54) is 76.0 Å². The Morgan fingerprint density at radius 3 is 1.48 bits per heavy atom. The van der Waals surface area contributed by atoms with Gasteiger partial charge in [-0.05, 0) is 126 Å². The lowest BCUT2D eigenvalue weighted by molar-refractivity contribution is -0.134. The van der Waals surface area contributed by atoms with E-state index in [9.17, 15) is 9.90 Å². The number of aryl methyl sites for hydroxylation is 2. The summed E-state index contributed by atoms with van der Waals surface area (Å²) in [4.78, 5) is 24.6. The number of hydrogen-bond donors (Lipinski definition) is 3. The zero-order chi connectivity index (χ0) is 60.1. The molecule has 4 aliphatic rings. The maximum absolute atomic E-state index is 12.7. The van der Waals surface area contributed by atoms with Crippen molar-refractivity contribution in [3.63, 3.8) is 0 Å². The second-order valence-electron chi connectivity index (χ2n) is 30.1. The number of amides is 1. The fourth-order valence-electron chi connectivity index (χ4n) is 10.4. The number of nitrogens with two attached hydrogens (primary N) is 1. The number of likely N-dealkylation sites (tertiary alicyclic amines) is 1. The fraction of sp³-hybridized carbons (Fsp3) is 0.721. The first-order chi connectivity index (χ1) is 37.0. The number of nitrogens with one attached hydrogen (secondary N) is 1. The summed E-state index contributed by atoms with van der Waals surface area (Å²) in [6.45, 7) is 63.8. The van der Waals surface area contributed by atoms with Gasteiger partial charge < -0.3 is 44.4 Å². The average molecular weight is 1110 g/mol. The van der Waals surface area contributed by atoms with Crippen molar-refractivity contribution in [2.24, 2.45) is 27.4 Å². The Hall–Kier alpha value is -3.75. The number of nitrogens with zero attached hydrogens (tertiary/aromatic N) is 5. The van der Waals surface area contributed by atoms with Gasteiger partial charge in [-0.3, -0.25) is 14.6 Å². The summed E-state index contributed by atoms with van der Waals surface area (Å²) in [5.74, 6) is 1.34. The molecule has 8 rings (SSSR count). The van der Waals surface area contributed by atoms with Crippen molar-refractivity contribution in [1.82, 2.24) is 29.8 Å². The van der Waals surface area contributed by atoms with Crippen LogP contribution in [-0.4, -0.2) is 159 Å². The number of aromatic hydroxyl groups is 1. The van der Waals surface area contributed by atoms with Crippen LogP contribution in [0.3, 0.4) is 0 Å². The molecular formula is C68H119N7O5. The van der Waals surface area contributed by atoms with Gasteiger partial charge in [0.25, 0.3) is 0 Å². The number of fused-ring (bicyclic) bond motifs is 1. The molecule has 0 unspecified atom stereocenters. The Morgan fingerprint density at radius 1 is 0.588 bits per heavy atom. The second-order valence-corrected chi connectivity index (χ2v) is 30.1. The van der Waals surface area contributed by atoms with E-state index in [0.29, 0.717) is 22.7 Å². The number of carbonyl (C=O) groups is 1. The van der Waals surface area contributed by atoms with E-state index in [-0.39, 0.29) is 27.9 Å². The van der Waals surface area contributed by atoms with Gasteiger partial charge in [0.15, 0.2) is 0 Å². The van der Waals surface area contributed by atoms with Crippen LogP contribution in [0.15, 0.2) is 69.9 Å². The number of phenolic OH excluding ortho intramolecular Hbond substituents is 1. The van der Waals surface area contributed by atoms with Crippen LogP contribution in [-0.2, 0) is 26.8 Å². The van der Waals surface area contributed by atoms with Crippen LogP contribution in [0.25, 0.3) is 11.0 Å². The van der Waals surface area contributed by atoms with Crippen LogP contribution >= 0.6 is 0 Å². The topological polar surface area (TPSA) is 127 Å². The average Bonchev–Trinajstić information content (AvgIpc) is 4.06. The summed E-state index contributed by atoms with van der Waals surface area (Å²) in [7, 11) is 0. The Kier molecular flexibility index (Phi) is 28.5. The number of piperidine rings is 1. The zero-order valence-corrected chi connectivity index (χ0v) is 54.8. The van der Waals surface area contributed by atoms with E-state index in [0.717, 1.165) is 100 Å². The summed E-state index contributed by atoms with van der Waals surface area (Å²) in [6.07, 6.45) is 8.28. The van der Waals surface area contributed by atoms with Gasteiger partial charge in [-0.2, -0.15) is 0 Å². The molecule has 0 spiro atoms. The van der Waals surface area contributed by atoms with Crippen LogP contribution in [0.5, 0.6) is 5.75 Å². The molecule has 4 N–H and O–H groups in total. The highest BCUT2D eigenvalue weighted by molar-refractivity contribution is 5.82. The number of hydrogen-bond acceptors (Lipinski definition) is 11. The molecular weight excluding hydrogens is 995 g/mol. The molecule has 4 aliphatic heterocycles. The van der Waals surface area contributed by atoms with Crippen LogP contribution in [0.1, 0.15) is 172 Å². The van der Waals surface area contributed by atoms with E-state index in [1.807, 2.05) is 43.0 Å². The summed E-state index contributed by atoms with van der Waals surface area (Å²) in [5.41, 5.74) is 13.4. The van der Waals surface area contributed by atoms with Crippen LogP contribution in [0.4, 0.5) is 0 Å². The highest BCUT2D eigenvalue weighted by Gasteiger charge is 2.28. The molecule has 456 valence electrons. The molecule has 2 aromatic heterocycles. The van der Waals surface area contributed by atoms with Crippen molar-refractivity contribution in [1.29, 1.82) is 0 Å². The fourth-order valence-corrected chi connectivity index (χ4v) is 10.4. The maximum Gasteiger partial charge on any atom is 0.239 e. The van der Waals surface area contributed by atoms with E-state index < -0.39 is 6.04 Å². The number of morpholine rings is 1. The number of piperazine rings is 2. The molecule has 4 aromatic rings. The number of furan rings is 2. The molecule has 4 fully saturated rings. The number of ether oxygens (including phenoxy) is 1. The van der Waals surface area contributed by atoms with Gasteiger partial charge in [0.05, 0.1) is 31.8 Å². The van der Waals surface area contributed by atoms with Gasteiger partial charge in [-0.15, -0.1) is 0 Å². The highest BCUT2D eigenvalue weighted by Crippen LogP contribution is 2.29. The molecule has 2 aromatic carbocycles. The minimum Gasteiger partial charge on any atom is -0.508 e. The quantitative estimate of drug-likeness (QED) is 0.164. The molecule has 0 aliphatic carbocycles. The first-order valence-electron chi connectivity index (χ1n) is 30.5. The second kappa shape index (κ2) is 32.3. The Balaban J connectivity index is 0.000000264. The molecule has 1 amide bonds. The third-order valence-corrected chi connectivity index (χ3v) is 14.2. The summed E-state index contributed by atoms with van der Waals surface area (Å²) < 4.78 is 15.9. The van der Waals surface area contributed by atoms with Crippen molar-refractivity contribution in [2.45, 2.75) is 181 Å². The lowest BCUT2D eigenvalue weighted by Crippen LogP contribution is -2.54. The smallest absolute Gasteiger partial charge is 0.239 e. The SMILES string of the molecule is CC(C)(C)CN1CCCCC1.CC(C)(C)CN1CCNCC1.CC(C)(C)CN1CCOCC1.CC(C)(C)c1cc2ccccc2o1.CC(C)(C)c1ccoc1.Cc1cc(O)cc(C)c1C[C@H](N)C(=O)N1CCN(CC(C)(C)C)CC1. The number of para-hydroxylation sites is 1. The standard InChI is InChI=1S/C20H33N3O2.C12H14O.C10H21N.C9H20N2.C9H19NO.C8H12O/c1-14-10-16(24)11-15(2)17(14)12-18(21)19(25)23-8-6-22(7-9-23)13-20(3,4)5;1-12(2,3)11-8-9-6-4-5-7-10(9)13-11;1-10(2,3)9-11-7-5-4-6-8-11;1-9(2,3)8-11-6-4-10-5-7-11;1-9(2,3)8-10-4-6-11-7-5-10;1-8(2,3)7-4-5-9-6-7/h10-11,18,24H,6-9,12-13,21H2,1-5H3;4-8H,1-3H3;4-9H2,1-3H3;10H,4-8H2,1-3H3;4-8H2,1-3H3;4-6H,1-3H3/t18-;;;;;/m0...../s1. The zero-order valence-electron chi connectivity index (χ0n) is 54.8. The summed E-state index contributed by atoms with van der Waals surface area (Å²) in [6, 6.07) is 15.2. The van der Waals surface area contributed by atoms with Crippen LogP contribution < -0.4 is 11.1 Å². The predicted molar refractivity (Wildman–Crippen MR) is 339 cm³/mol. The molecule has 0 saturated carbocycles. The van der Waals surface area contributed by atoms with Gasteiger partial charge in [0, 0.05) is 102 Å². The van der Waals surface area contributed by atoms with E-state index in [1.54, 1.807) is 24.7 Å². The third kappa shape index (κ3) is 29.5. The monoisotopic (exact) mass is 1110 g/mol. The lowest BCUT2D eigenvalue weighted by atomic mass is 9.89. The maximum atomic E-state index is 12.7. The summed E-state index contributed by atoms with van der Waals surface area (Å²) in [5, 5.41) is 14.2. The number of rotatable bonds is 7. The molecule has 0 radical (unpaired) electrons.